The van der Waals surface area contributed by atoms with Crippen molar-refractivity contribution in [1.82, 2.24) is 15.2 Å². The largest absolute Gasteiger partial charge is 0.496 e. The van der Waals surface area contributed by atoms with E-state index < -0.39 is 0 Å². The standard InChI is InChI=1S/C26H28N4O3/c1-33-24-12-3-2-11-22(24)23(30-14-4-5-15-30)18-28-25(31)19-8-6-10-21(16-19)29-26(32)20-9-7-13-27-17-20/h2-3,6-13,16-17,23H,4-5,14-15,18H2,1H3,(H,28,31)(H,29,32). The van der Waals surface area contributed by atoms with Crippen LogP contribution in [0.1, 0.15) is 45.2 Å². The second-order valence-corrected chi connectivity index (χ2v) is 7.99. The predicted molar refractivity (Wildman–Crippen MR) is 128 cm³/mol. The number of aromatic nitrogens is 1. The average Bonchev–Trinajstić information content (AvgIpc) is 3.40. The third-order valence-corrected chi connectivity index (χ3v) is 5.84. The molecule has 7 heteroatoms. The van der Waals surface area contributed by atoms with Crippen LogP contribution in [0.4, 0.5) is 5.69 Å². The van der Waals surface area contributed by atoms with Crippen LogP contribution in [-0.2, 0) is 0 Å². The number of nitrogens with zero attached hydrogens (tertiary/aromatic N) is 2. The zero-order valence-corrected chi connectivity index (χ0v) is 18.7. The van der Waals surface area contributed by atoms with Gasteiger partial charge in [-0.05, 0) is 62.3 Å². The van der Waals surface area contributed by atoms with E-state index in [-0.39, 0.29) is 17.9 Å². The molecule has 33 heavy (non-hydrogen) atoms. The number of methoxy groups -OCH3 is 1. The van der Waals surface area contributed by atoms with Gasteiger partial charge < -0.3 is 15.4 Å². The molecule has 4 rings (SSSR count). The summed E-state index contributed by atoms with van der Waals surface area (Å²) >= 11 is 0. The van der Waals surface area contributed by atoms with Crippen molar-refractivity contribution in [2.75, 3.05) is 32.1 Å². The van der Waals surface area contributed by atoms with Crippen molar-refractivity contribution in [3.8, 4) is 5.75 Å². The minimum absolute atomic E-state index is 0.0288. The van der Waals surface area contributed by atoms with Gasteiger partial charge in [0.15, 0.2) is 0 Å². The van der Waals surface area contributed by atoms with Gasteiger partial charge in [-0.25, -0.2) is 0 Å². The smallest absolute Gasteiger partial charge is 0.257 e. The van der Waals surface area contributed by atoms with Gasteiger partial charge in [0, 0.05) is 35.8 Å². The minimum atomic E-state index is -0.272. The van der Waals surface area contributed by atoms with Gasteiger partial charge in [-0.2, -0.15) is 0 Å². The Hall–Kier alpha value is -3.71. The number of carbonyl (C=O) groups excluding carboxylic acids is 2. The molecule has 0 radical (unpaired) electrons. The number of amides is 2. The number of hydrogen-bond donors (Lipinski definition) is 2. The number of rotatable bonds is 8. The van der Waals surface area contributed by atoms with Crippen molar-refractivity contribution in [2.45, 2.75) is 18.9 Å². The molecule has 0 saturated carbocycles. The summed E-state index contributed by atoms with van der Waals surface area (Å²) in [7, 11) is 1.67. The molecule has 1 aliphatic rings. The van der Waals surface area contributed by atoms with Crippen molar-refractivity contribution in [2.24, 2.45) is 0 Å². The summed E-state index contributed by atoms with van der Waals surface area (Å²) in [5.41, 5.74) is 2.56. The second kappa shape index (κ2) is 10.7. The molecule has 1 fully saturated rings. The van der Waals surface area contributed by atoms with Crippen molar-refractivity contribution >= 4 is 17.5 Å². The first-order valence-corrected chi connectivity index (χ1v) is 11.1. The first kappa shape index (κ1) is 22.5. The highest BCUT2D eigenvalue weighted by Crippen LogP contribution is 2.31. The predicted octanol–water partition coefficient (Wildman–Crippen LogP) is 3.91. The number of anilines is 1. The van der Waals surface area contributed by atoms with Crippen LogP contribution in [0.5, 0.6) is 5.75 Å². The second-order valence-electron chi connectivity index (χ2n) is 7.99. The van der Waals surface area contributed by atoms with Gasteiger partial charge in [0.1, 0.15) is 5.75 Å². The Morgan fingerprint density at radius 1 is 1.00 bits per heavy atom. The molecule has 0 aliphatic carbocycles. The van der Waals surface area contributed by atoms with E-state index in [2.05, 4.69) is 26.6 Å². The van der Waals surface area contributed by atoms with Crippen LogP contribution in [0.2, 0.25) is 0 Å². The zero-order chi connectivity index (χ0) is 23.0. The molecule has 2 heterocycles. The van der Waals surface area contributed by atoms with Gasteiger partial charge in [-0.15, -0.1) is 0 Å². The lowest BCUT2D eigenvalue weighted by Crippen LogP contribution is -2.37. The third-order valence-electron chi connectivity index (χ3n) is 5.84. The number of hydrogen-bond acceptors (Lipinski definition) is 5. The van der Waals surface area contributed by atoms with Crippen LogP contribution in [0.3, 0.4) is 0 Å². The summed E-state index contributed by atoms with van der Waals surface area (Å²) in [6.07, 6.45) is 5.42. The Morgan fingerprint density at radius 3 is 2.55 bits per heavy atom. The summed E-state index contributed by atoms with van der Waals surface area (Å²) in [6.45, 7) is 2.45. The molecule has 1 saturated heterocycles. The number of nitrogens with one attached hydrogen (secondary N) is 2. The lowest BCUT2D eigenvalue weighted by atomic mass is 10.0. The highest BCUT2D eigenvalue weighted by Gasteiger charge is 2.26. The molecule has 0 spiro atoms. The summed E-state index contributed by atoms with van der Waals surface area (Å²) < 4.78 is 5.58. The lowest BCUT2D eigenvalue weighted by molar-refractivity contribution is 0.0936. The molecule has 2 aromatic carbocycles. The molecule has 1 unspecified atom stereocenters. The molecule has 2 amide bonds. The van der Waals surface area contributed by atoms with Crippen LogP contribution in [-0.4, -0.2) is 48.4 Å². The Balaban J connectivity index is 1.45. The molecular formula is C26H28N4O3. The fraction of sp³-hybridized carbons (Fsp3) is 0.269. The van der Waals surface area contributed by atoms with E-state index in [9.17, 15) is 9.59 Å². The summed E-state index contributed by atoms with van der Waals surface area (Å²) in [6, 6.07) is 18.3. The molecule has 3 aromatic rings. The SMILES string of the molecule is COc1ccccc1C(CNC(=O)c1cccc(NC(=O)c2cccnc2)c1)N1CCCC1. The molecule has 2 N–H and O–H groups in total. The summed E-state index contributed by atoms with van der Waals surface area (Å²) in [5.74, 6) is 0.362. The number of para-hydroxylation sites is 1. The van der Waals surface area contributed by atoms with Crippen LogP contribution >= 0.6 is 0 Å². The van der Waals surface area contributed by atoms with E-state index in [0.29, 0.717) is 23.4 Å². The Bertz CT molecular complexity index is 1100. The van der Waals surface area contributed by atoms with E-state index >= 15 is 0 Å². The Morgan fingerprint density at radius 2 is 1.79 bits per heavy atom. The van der Waals surface area contributed by atoms with Crippen LogP contribution < -0.4 is 15.4 Å². The molecule has 1 aromatic heterocycles. The van der Waals surface area contributed by atoms with Crippen LogP contribution in [0.15, 0.2) is 73.1 Å². The van der Waals surface area contributed by atoms with E-state index in [0.717, 1.165) is 37.2 Å². The Labute approximate surface area is 193 Å². The molecule has 170 valence electrons. The van der Waals surface area contributed by atoms with Crippen LogP contribution in [0, 0.1) is 0 Å². The molecular weight excluding hydrogens is 416 g/mol. The quantitative estimate of drug-likeness (QED) is 0.550. The van der Waals surface area contributed by atoms with Gasteiger partial charge in [0.05, 0.1) is 18.7 Å². The first-order valence-electron chi connectivity index (χ1n) is 11.1. The highest BCUT2D eigenvalue weighted by molar-refractivity contribution is 6.04. The molecule has 7 nitrogen and oxygen atoms in total. The fourth-order valence-corrected chi connectivity index (χ4v) is 4.16. The monoisotopic (exact) mass is 444 g/mol. The van der Waals surface area contributed by atoms with E-state index in [4.69, 9.17) is 4.74 Å². The highest BCUT2D eigenvalue weighted by atomic mass is 16.5. The number of benzene rings is 2. The third kappa shape index (κ3) is 5.56. The van der Waals surface area contributed by atoms with Gasteiger partial charge in [0.25, 0.3) is 11.8 Å². The van der Waals surface area contributed by atoms with Crippen molar-refractivity contribution < 1.29 is 14.3 Å². The normalized spacial score (nSPS) is 14.5. The topological polar surface area (TPSA) is 83.6 Å². The summed E-state index contributed by atoms with van der Waals surface area (Å²) in [4.78, 5) is 31.7. The average molecular weight is 445 g/mol. The maximum atomic E-state index is 13.0. The number of carbonyl (C=O) groups is 2. The molecule has 0 bridgehead atoms. The van der Waals surface area contributed by atoms with Gasteiger partial charge in [-0.3, -0.25) is 19.5 Å². The van der Waals surface area contributed by atoms with Gasteiger partial charge in [0.2, 0.25) is 0 Å². The maximum absolute atomic E-state index is 13.0. The molecule has 1 atom stereocenters. The van der Waals surface area contributed by atoms with Crippen molar-refractivity contribution in [3.05, 3.63) is 89.7 Å². The van der Waals surface area contributed by atoms with Gasteiger partial charge >= 0.3 is 0 Å². The van der Waals surface area contributed by atoms with Crippen molar-refractivity contribution in [1.29, 1.82) is 0 Å². The lowest BCUT2D eigenvalue weighted by Gasteiger charge is -2.29. The van der Waals surface area contributed by atoms with E-state index in [1.165, 1.54) is 6.20 Å². The molecule has 1 aliphatic heterocycles. The number of pyridine rings is 1. The fourth-order valence-electron chi connectivity index (χ4n) is 4.16. The number of ether oxygens (including phenoxy) is 1. The number of likely N-dealkylation sites (tertiary alicyclic amines) is 1. The van der Waals surface area contributed by atoms with Crippen LogP contribution in [0.25, 0.3) is 0 Å². The summed E-state index contributed by atoms with van der Waals surface area (Å²) in [5, 5.41) is 5.90. The minimum Gasteiger partial charge on any atom is -0.496 e. The van der Waals surface area contributed by atoms with E-state index in [1.54, 1.807) is 49.7 Å². The Kier molecular flexibility index (Phi) is 7.32. The zero-order valence-electron chi connectivity index (χ0n) is 18.7. The maximum Gasteiger partial charge on any atom is 0.257 e. The van der Waals surface area contributed by atoms with Gasteiger partial charge in [-0.1, -0.05) is 24.3 Å². The van der Waals surface area contributed by atoms with E-state index in [1.807, 2.05) is 18.2 Å². The first-order chi connectivity index (χ1) is 16.2. The van der Waals surface area contributed by atoms with Crippen molar-refractivity contribution in [3.63, 3.8) is 0 Å².